The molecule has 0 aliphatic carbocycles. The number of aromatic nitrogens is 2. The Morgan fingerprint density at radius 1 is 0.943 bits per heavy atom. The van der Waals surface area contributed by atoms with E-state index in [-0.39, 0.29) is 22.6 Å². The third-order valence-electron chi connectivity index (χ3n) is 5.58. The summed E-state index contributed by atoms with van der Waals surface area (Å²) in [6.45, 7) is 5.28. The fraction of sp³-hybridized carbons (Fsp3) is 0.250. The molecule has 0 bridgehead atoms. The average Bonchev–Trinajstić information content (AvgIpc) is 3.08. The van der Waals surface area contributed by atoms with Crippen molar-refractivity contribution in [2.24, 2.45) is 7.05 Å². The number of nitrogens with one attached hydrogen (secondary N) is 2. The predicted molar refractivity (Wildman–Crippen MR) is 129 cm³/mol. The van der Waals surface area contributed by atoms with Crippen LogP contribution in [0, 0.1) is 20.8 Å². The van der Waals surface area contributed by atoms with Crippen LogP contribution in [0.25, 0.3) is 0 Å². The van der Waals surface area contributed by atoms with E-state index >= 15 is 0 Å². The van der Waals surface area contributed by atoms with E-state index in [1.165, 1.54) is 28.2 Å². The lowest BCUT2D eigenvalue weighted by molar-refractivity contribution is -0.117. The molecule has 10 nitrogen and oxygen atoms in total. The Balaban J connectivity index is 1.60. The first-order valence-electron chi connectivity index (χ1n) is 10.7. The highest BCUT2D eigenvalue weighted by Gasteiger charge is 2.24. The molecule has 3 aromatic rings. The van der Waals surface area contributed by atoms with Crippen LogP contribution in [0.2, 0.25) is 0 Å². The molecule has 0 saturated heterocycles. The zero-order chi connectivity index (χ0) is 25.9. The predicted octanol–water partition coefficient (Wildman–Crippen LogP) is 1.81. The molecule has 0 aliphatic heterocycles. The molecular weight excluding hydrogens is 470 g/mol. The van der Waals surface area contributed by atoms with Gasteiger partial charge in [0.05, 0.1) is 16.2 Å². The van der Waals surface area contributed by atoms with Gasteiger partial charge in [-0.2, -0.15) is 9.40 Å². The molecule has 0 radical (unpaired) electrons. The van der Waals surface area contributed by atoms with Gasteiger partial charge in [0.25, 0.3) is 11.7 Å². The molecule has 11 heteroatoms. The lowest BCUT2D eigenvalue weighted by Crippen LogP contribution is -2.45. The van der Waals surface area contributed by atoms with Crippen LogP contribution in [-0.2, 0) is 28.4 Å². The van der Waals surface area contributed by atoms with Gasteiger partial charge in [0, 0.05) is 31.9 Å². The van der Waals surface area contributed by atoms with Crippen LogP contribution in [0.5, 0.6) is 0 Å². The largest absolute Gasteiger partial charge is 0.310 e. The van der Waals surface area contributed by atoms with E-state index < -0.39 is 27.6 Å². The highest BCUT2D eigenvalue weighted by molar-refractivity contribution is 7.89. The maximum Gasteiger partial charge on any atom is 0.310 e. The summed E-state index contributed by atoms with van der Waals surface area (Å²) in [5, 5.41) is 4.11. The molecule has 2 amide bonds. The number of sulfonamides is 1. The zero-order valence-electron chi connectivity index (χ0n) is 20.1. The molecule has 0 atom stereocenters. The first-order chi connectivity index (χ1) is 16.4. The summed E-state index contributed by atoms with van der Waals surface area (Å²) in [6.07, 6.45) is 0. The highest BCUT2D eigenvalue weighted by atomic mass is 32.2. The van der Waals surface area contributed by atoms with Crippen molar-refractivity contribution >= 4 is 27.6 Å². The Morgan fingerprint density at radius 3 is 2.09 bits per heavy atom. The highest BCUT2D eigenvalue weighted by Crippen LogP contribution is 2.18. The molecule has 1 heterocycles. The summed E-state index contributed by atoms with van der Waals surface area (Å²) in [7, 11) is -0.521. The number of carbonyl (C=O) groups excluding carboxylic acids is 3. The summed E-state index contributed by atoms with van der Waals surface area (Å²) in [5.74, 6) is -2.42. The monoisotopic (exact) mass is 497 g/mol. The molecule has 2 N–H and O–H groups in total. The molecule has 0 unspecified atom stereocenters. The van der Waals surface area contributed by atoms with Gasteiger partial charge in [-0.25, -0.2) is 8.42 Å². The molecular formula is C24H27N5O5S. The Labute approximate surface area is 204 Å². The first-order valence-corrected chi connectivity index (χ1v) is 12.1. The van der Waals surface area contributed by atoms with Crippen molar-refractivity contribution in [1.82, 2.24) is 24.9 Å². The molecule has 1 aromatic heterocycles. The molecule has 0 aliphatic rings. The summed E-state index contributed by atoms with van der Waals surface area (Å²) >= 11 is 0. The van der Waals surface area contributed by atoms with E-state index in [2.05, 4.69) is 16.0 Å². The van der Waals surface area contributed by atoms with Gasteiger partial charge in [0.2, 0.25) is 10.0 Å². The Hall–Kier alpha value is -3.83. The van der Waals surface area contributed by atoms with Crippen molar-refractivity contribution in [1.29, 1.82) is 0 Å². The quantitative estimate of drug-likeness (QED) is 0.291. The second kappa shape index (κ2) is 10.2. The summed E-state index contributed by atoms with van der Waals surface area (Å²) < 4.78 is 28.2. The lowest BCUT2D eigenvalue weighted by Gasteiger charge is -2.17. The Morgan fingerprint density at radius 2 is 1.54 bits per heavy atom. The van der Waals surface area contributed by atoms with Crippen LogP contribution in [0.4, 0.5) is 0 Å². The number of benzene rings is 2. The topological polar surface area (TPSA) is 130 Å². The fourth-order valence-electron chi connectivity index (χ4n) is 3.45. The number of aryl methyl sites for hydroxylation is 3. The van der Waals surface area contributed by atoms with E-state index in [0.717, 1.165) is 5.56 Å². The maximum absolute atomic E-state index is 12.8. The number of hydrogen-bond acceptors (Lipinski definition) is 6. The maximum atomic E-state index is 12.8. The number of Topliss-reactive ketones (excluding diaryl/α,β-unsaturated/α-hetero) is 1. The lowest BCUT2D eigenvalue weighted by atomic mass is 10.1. The van der Waals surface area contributed by atoms with E-state index in [1.807, 2.05) is 6.92 Å². The second-order valence-corrected chi connectivity index (χ2v) is 10.2. The summed E-state index contributed by atoms with van der Waals surface area (Å²) in [4.78, 5) is 37.2. The summed E-state index contributed by atoms with van der Waals surface area (Å²) in [6, 6.07) is 12.8. The van der Waals surface area contributed by atoms with Gasteiger partial charge in [-0.3, -0.25) is 29.9 Å². The van der Waals surface area contributed by atoms with Crippen LogP contribution in [0.15, 0.2) is 53.4 Å². The van der Waals surface area contributed by atoms with Gasteiger partial charge in [-0.05, 0) is 50.6 Å². The molecule has 0 fully saturated rings. The number of carbonyl (C=O) groups is 3. The average molecular weight is 498 g/mol. The second-order valence-electron chi connectivity index (χ2n) is 8.18. The van der Waals surface area contributed by atoms with Crippen molar-refractivity contribution in [3.63, 3.8) is 0 Å². The van der Waals surface area contributed by atoms with E-state index in [1.54, 1.807) is 57.3 Å². The third kappa shape index (κ3) is 5.64. The van der Waals surface area contributed by atoms with Crippen LogP contribution < -0.4 is 10.9 Å². The number of hydrazine groups is 1. The van der Waals surface area contributed by atoms with Crippen molar-refractivity contribution in [3.8, 4) is 0 Å². The van der Waals surface area contributed by atoms with Crippen LogP contribution in [-0.4, -0.2) is 47.1 Å². The SMILES string of the molecule is Cc1ccc(S(=O)(=O)N(C)Cc2ccc(C(=O)NNC(=O)C(=O)c3c(C)nn(C)c3C)cc2)cc1. The number of nitrogens with zero attached hydrogens (tertiary/aromatic N) is 3. The van der Waals surface area contributed by atoms with E-state index in [0.29, 0.717) is 17.0 Å². The number of rotatable bonds is 7. The Kier molecular flexibility index (Phi) is 7.51. The van der Waals surface area contributed by atoms with Crippen molar-refractivity contribution in [2.45, 2.75) is 32.2 Å². The minimum absolute atomic E-state index is 0.104. The van der Waals surface area contributed by atoms with E-state index in [9.17, 15) is 22.8 Å². The van der Waals surface area contributed by atoms with Crippen LogP contribution in [0.1, 0.15) is 43.2 Å². The molecule has 0 spiro atoms. The Bertz CT molecular complexity index is 1380. The van der Waals surface area contributed by atoms with Crippen LogP contribution >= 0.6 is 0 Å². The van der Waals surface area contributed by atoms with Gasteiger partial charge in [-0.15, -0.1) is 0 Å². The molecule has 184 valence electrons. The molecule has 3 rings (SSSR count). The van der Waals surface area contributed by atoms with E-state index in [4.69, 9.17) is 0 Å². The van der Waals surface area contributed by atoms with Crippen LogP contribution in [0.3, 0.4) is 0 Å². The smallest absolute Gasteiger partial charge is 0.283 e. The van der Waals surface area contributed by atoms with Gasteiger partial charge < -0.3 is 0 Å². The van der Waals surface area contributed by atoms with Gasteiger partial charge in [0.1, 0.15) is 0 Å². The normalized spacial score (nSPS) is 11.4. The van der Waals surface area contributed by atoms with Gasteiger partial charge >= 0.3 is 5.91 Å². The molecule has 0 saturated carbocycles. The van der Waals surface area contributed by atoms with Gasteiger partial charge in [0.15, 0.2) is 0 Å². The number of amides is 2. The fourth-order valence-corrected chi connectivity index (χ4v) is 4.61. The summed E-state index contributed by atoms with van der Waals surface area (Å²) in [5.41, 5.74) is 7.33. The minimum atomic E-state index is -3.67. The minimum Gasteiger partial charge on any atom is -0.283 e. The van der Waals surface area contributed by atoms with Crippen molar-refractivity contribution in [2.75, 3.05) is 7.05 Å². The standard InChI is InChI=1S/C24H27N5O5S/c1-15-6-12-20(13-7-15)35(33,34)28(4)14-18-8-10-19(11-9-18)23(31)25-26-24(32)22(30)21-16(2)27-29(5)17(21)3/h6-13H,14H2,1-5H3,(H,25,31)(H,26,32). The first kappa shape index (κ1) is 25.8. The van der Waals surface area contributed by atoms with Crippen molar-refractivity contribution < 1.29 is 22.8 Å². The molecule has 35 heavy (non-hydrogen) atoms. The van der Waals surface area contributed by atoms with Gasteiger partial charge in [-0.1, -0.05) is 29.8 Å². The third-order valence-corrected chi connectivity index (χ3v) is 7.40. The number of hydrogen-bond donors (Lipinski definition) is 2. The van der Waals surface area contributed by atoms with Crippen molar-refractivity contribution in [3.05, 3.63) is 82.2 Å². The molecule has 2 aromatic carbocycles. The zero-order valence-corrected chi connectivity index (χ0v) is 20.9. The number of ketones is 1.